The molecule has 0 spiro atoms. The summed E-state index contributed by atoms with van der Waals surface area (Å²) in [5.41, 5.74) is 0.936. The van der Waals surface area contributed by atoms with Crippen molar-refractivity contribution in [3.05, 3.63) is 0 Å². The Labute approximate surface area is 70.6 Å². The van der Waals surface area contributed by atoms with Gasteiger partial charge in [-0.1, -0.05) is 34.6 Å². The normalized spacial score (nSPS) is 30.8. The predicted octanol–water partition coefficient (Wildman–Crippen LogP) is 2.42. The van der Waals surface area contributed by atoms with E-state index < -0.39 is 0 Å². The molecule has 1 fully saturated rings. The van der Waals surface area contributed by atoms with Crippen molar-refractivity contribution in [2.75, 3.05) is 6.54 Å². The highest BCUT2D eigenvalue weighted by Crippen LogP contribution is 2.35. The van der Waals surface area contributed by atoms with E-state index in [2.05, 4.69) is 39.9 Å². The number of nitrogens with one attached hydrogen (secondary N) is 1. The fourth-order valence-electron chi connectivity index (χ4n) is 1.71. The standard InChI is InChI=1S/C10H21N/c1-9(2,3)8-6-10(4,5)7-11-8/h8,11H,6-7H2,1-5H3/t8-/m0/s1. The van der Waals surface area contributed by atoms with Crippen LogP contribution in [-0.4, -0.2) is 12.6 Å². The summed E-state index contributed by atoms with van der Waals surface area (Å²) >= 11 is 0. The van der Waals surface area contributed by atoms with E-state index in [4.69, 9.17) is 0 Å². The Hall–Kier alpha value is -0.0400. The Morgan fingerprint density at radius 3 is 2.00 bits per heavy atom. The van der Waals surface area contributed by atoms with E-state index in [0.717, 1.165) is 0 Å². The van der Waals surface area contributed by atoms with Crippen molar-refractivity contribution >= 4 is 0 Å². The quantitative estimate of drug-likeness (QED) is 0.566. The van der Waals surface area contributed by atoms with E-state index in [1.165, 1.54) is 13.0 Å². The summed E-state index contributed by atoms with van der Waals surface area (Å²) in [7, 11) is 0. The van der Waals surface area contributed by atoms with Crippen molar-refractivity contribution in [1.82, 2.24) is 5.32 Å². The summed E-state index contributed by atoms with van der Waals surface area (Å²) in [5, 5.41) is 3.59. The molecule has 0 amide bonds. The lowest BCUT2D eigenvalue weighted by Gasteiger charge is -2.27. The predicted molar refractivity (Wildman–Crippen MR) is 49.6 cm³/mol. The maximum atomic E-state index is 3.59. The molecule has 1 nitrogen and oxygen atoms in total. The zero-order chi connectivity index (χ0) is 8.70. The molecule has 0 radical (unpaired) electrons. The monoisotopic (exact) mass is 155 g/mol. The Balaban J connectivity index is 2.55. The number of rotatable bonds is 0. The Morgan fingerprint density at radius 1 is 1.27 bits per heavy atom. The minimum Gasteiger partial charge on any atom is -0.313 e. The van der Waals surface area contributed by atoms with Crippen molar-refractivity contribution < 1.29 is 0 Å². The summed E-state index contributed by atoms with van der Waals surface area (Å²) in [4.78, 5) is 0. The van der Waals surface area contributed by atoms with E-state index >= 15 is 0 Å². The molecule has 1 saturated heterocycles. The largest absolute Gasteiger partial charge is 0.313 e. The fraction of sp³-hybridized carbons (Fsp3) is 1.00. The van der Waals surface area contributed by atoms with Gasteiger partial charge in [0.1, 0.15) is 0 Å². The van der Waals surface area contributed by atoms with Gasteiger partial charge in [-0.15, -0.1) is 0 Å². The Kier molecular flexibility index (Phi) is 2.04. The van der Waals surface area contributed by atoms with Crippen LogP contribution in [0, 0.1) is 10.8 Å². The second kappa shape index (κ2) is 2.48. The van der Waals surface area contributed by atoms with E-state index in [0.29, 0.717) is 16.9 Å². The van der Waals surface area contributed by atoms with Crippen molar-refractivity contribution in [2.24, 2.45) is 10.8 Å². The van der Waals surface area contributed by atoms with Gasteiger partial charge in [0.15, 0.2) is 0 Å². The number of hydrogen-bond donors (Lipinski definition) is 1. The summed E-state index contributed by atoms with van der Waals surface area (Å²) < 4.78 is 0. The van der Waals surface area contributed by atoms with Gasteiger partial charge in [-0.3, -0.25) is 0 Å². The lowest BCUT2D eigenvalue weighted by molar-refractivity contribution is 0.276. The van der Waals surface area contributed by atoms with Crippen molar-refractivity contribution in [2.45, 2.75) is 47.1 Å². The minimum atomic E-state index is 0.424. The molecule has 0 unspecified atom stereocenters. The van der Waals surface area contributed by atoms with Gasteiger partial charge >= 0.3 is 0 Å². The van der Waals surface area contributed by atoms with Gasteiger partial charge in [-0.2, -0.15) is 0 Å². The van der Waals surface area contributed by atoms with Crippen molar-refractivity contribution in [3.8, 4) is 0 Å². The van der Waals surface area contributed by atoms with Crippen LogP contribution in [0.4, 0.5) is 0 Å². The minimum absolute atomic E-state index is 0.424. The van der Waals surface area contributed by atoms with Crippen LogP contribution in [0.25, 0.3) is 0 Å². The first kappa shape index (κ1) is 9.05. The molecular weight excluding hydrogens is 134 g/mol. The van der Waals surface area contributed by atoms with Gasteiger partial charge in [0.2, 0.25) is 0 Å². The molecule has 1 aliphatic rings. The highest BCUT2D eigenvalue weighted by Gasteiger charge is 2.36. The molecule has 66 valence electrons. The molecule has 1 N–H and O–H groups in total. The second-order valence-corrected chi connectivity index (χ2v) is 5.67. The molecule has 0 aromatic rings. The van der Waals surface area contributed by atoms with Gasteiger partial charge in [-0.25, -0.2) is 0 Å². The SMILES string of the molecule is CC1(C)CN[C@H](C(C)(C)C)C1. The third-order valence-corrected chi connectivity index (χ3v) is 2.63. The molecule has 0 aromatic heterocycles. The Morgan fingerprint density at radius 2 is 1.82 bits per heavy atom. The zero-order valence-electron chi connectivity index (χ0n) is 8.49. The van der Waals surface area contributed by atoms with Crippen LogP contribution in [0.15, 0.2) is 0 Å². The molecule has 0 bridgehead atoms. The maximum Gasteiger partial charge on any atom is 0.0121 e. The highest BCUT2D eigenvalue weighted by molar-refractivity contribution is 4.93. The van der Waals surface area contributed by atoms with Gasteiger partial charge in [0.05, 0.1) is 0 Å². The van der Waals surface area contributed by atoms with E-state index in [1.807, 2.05) is 0 Å². The summed E-state index contributed by atoms with van der Waals surface area (Å²) in [6.45, 7) is 12.8. The smallest absolute Gasteiger partial charge is 0.0121 e. The van der Waals surface area contributed by atoms with Crippen LogP contribution >= 0.6 is 0 Å². The average molecular weight is 155 g/mol. The average Bonchev–Trinajstić information content (AvgIpc) is 2.07. The molecule has 0 aliphatic carbocycles. The molecule has 0 aromatic carbocycles. The summed E-state index contributed by atoms with van der Waals surface area (Å²) in [6, 6.07) is 0.706. The van der Waals surface area contributed by atoms with Crippen molar-refractivity contribution in [3.63, 3.8) is 0 Å². The van der Waals surface area contributed by atoms with Crippen LogP contribution in [0.5, 0.6) is 0 Å². The second-order valence-electron chi connectivity index (χ2n) is 5.67. The van der Waals surface area contributed by atoms with Gasteiger partial charge in [0.25, 0.3) is 0 Å². The molecule has 1 aliphatic heterocycles. The molecule has 1 rings (SSSR count). The van der Waals surface area contributed by atoms with Crippen LogP contribution in [0.2, 0.25) is 0 Å². The van der Waals surface area contributed by atoms with Crippen LogP contribution in [0.1, 0.15) is 41.0 Å². The Bertz CT molecular complexity index is 141. The van der Waals surface area contributed by atoms with Gasteiger partial charge < -0.3 is 5.32 Å². The third kappa shape index (κ3) is 2.19. The molecule has 11 heavy (non-hydrogen) atoms. The molecular formula is C10H21N. The molecule has 0 saturated carbocycles. The first-order chi connectivity index (χ1) is 4.81. The third-order valence-electron chi connectivity index (χ3n) is 2.63. The number of hydrogen-bond acceptors (Lipinski definition) is 1. The lowest BCUT2D eigenvalue weighted by Crippen LogP contribution is -2.34. The highest BCUT2D eigenvalue weighted by atomic mass is 15.0. The van der Waals surface area contributed by atoms with E-state index in [9.17, 15) is 0 Å². The van der Waals surface area contributed by atoms with Gasteiger partial charge in [0, 0.05) is 12.6 Å². The first-order valence-corrected chi connectivity index (χ1v) is 4.55. The van der Waals surface area contributed by atoms with Crippen LogP contribution < -0.4 is 5.32 Å². The van der Waals surface area contributed by atoms with Crippen LogP contribution in [-0.2, 0) is 0 Å². The van der Waals surface area contributed by atoms with Gasteiger partial charge in [-0.05, 0) is 17.3 Å². The topological polar surface area (TPSA) is 12.0 Å². The first-order valence-electron chi connectivity index (χ1n) is 4.55. The lowest BCUT2D eigenvalue weighted by atomic mass is 9.80. The summed E-state index contributed by atoms with van der Waals surface area (Å²) in [6.07, 6.45) is 1.32. The van der Waals surface area contributed by atoms with Crippen molar-refractivity contribution in [1.29, 1.82) is 0 Å². The van der Waals surface area contributed by atoms with E-state index in [1.54, 1.807) is 0 Å². The van der Waals surface area contributed by atoms with Crippen LogP contribution in [0.3, 0.4) is 0 Å². The molecule has 1 heteroatoms. The maximum absolute atomic E-state index is 3.59. The summed E-state index contributed by atoms with van der Waals surface area (Å²) in [5.74, 6) is 0. The van der Waals surface area contributed by atoms with E-state index in [-0.39, 0.29) is 0 Å². The fourth-order valence-corrected chi connectivity index (χ4v) is 1.71. The molecule has 1 atom stereocenters. The zero-order valence-corrected chi connectivity index (χ0v) is 8.49. The molecule has 1 heterocycles.